The van der Waals surface area contributed by atoms with Crippen molar-refractivity contribution in [1.82, 2.24) is 0 Å². The van der Waals surface area contributed by atoms with E-state index in [1.807, 2.05) is 48.5 Å². The first kappa shape index (κ1) is 19.2. The predicted molar refractivity (Wildman–Crippen MR) is 99.3 cm³/mol. The molecule has 0 saturated carbocycles. The smallest absolute Gasteiger partial charge is 0.305 e. The van der Waals surface area contributed by atoms with Crippen molar-refractivity contribution in [2.45, 2.75) is 12.8 Å². The minimum absolute atomic E-state index is 0.139. The van der Waals surface area contributed by atoms with Crippen molar-refractivity contribution < 1.29 is 23.8 Å². The molecule has 5 heteroatoms. The molecule has 0 amide bonds. The van der Waals surface area contributed by atoms with Crippen LogP contribution in [-0.4, -0.2) is 33.6 Å². The van der Waals surface area contributed by atoms with Gasteiger partial charge < -0.3 is 14.2 Å². The summed E-state index contributed by atoms with van der Waals surface area (Å²) in [5, 5.41) is 0. The molecule has 0 spiro atoms. The average Bonchev–Trinajstić information content (AvgIpc) is 2.71. The lowest BCUT2D eigenvalue weighted by atomic mass is 9.91. The summed E-state index contributed by atoms with van der Waals surface area (Å²) in [5.74, 6) is 1.10. The van der Waals surface area contributed by atoms with Crippen molar-refractivity contribution in [2.75, 3.05) is 21.3 Å². The van der Waals surface area contributed by atoms with Gasteiger partial charge in [0.15, 0.2) is 0 Å². The topological polar surface area (TPSA) is 61.8 Å². The third kappa shape index (κ3) is 4.72. The standard InChI is InChI=1S/C21H22O5/c1-24-18-9-4-15(5-10-18)21(16-6-11-19(25-2)12-7-16)17(14-22)8-13-20(23)26-3/h4-7,9-12,14H,8,13H2,1-3H3. The second kappa shape index (κ2) is 9.42. The molecule has 0 unspecified atom stereocenters. The molecule has 2 aromatic carbocycles. The summed E-state index contributed by atoms with van der Waals surface area (Å²) in [7, 11) is 4.53. The van der Waals surface area contributed by atoms with Gasteiger partial charge in [-0.15, -0.1) is 0 Å². The monoisotopic (exact) mass is 354 g/mol. The Balaban J connectivity index is 2.52. The molecule has 26 heavy (non-hydrogen) atoms. The Morgan fingerprint density at radius 3 is 1.62 bits per heavy atom. The maximum Gasteiger partial charge on any atom is 0.305 e. The molecule has 0 aliphatic heterocycles. The second-order valence-corrected chi connectivity index (χ2v) is 5.55. The molecule has 0 N–H and O–H groups in total. The van der Waals surface area contributed by atoms with E-state index in [9.17, 15) is 9.59 Å². The molecular weight excluding hydrogens is 332 g/mol. The Morgan fingerprint density at radius 2 is 1.27 bits per heavy atom. The van der Waals surface area contributed by atoms with E-state index in [1.165, 1.54) is 7.11 Å². The molecular formula is C21H22O5. The van der Waals surface area contributed by atoms with Crippen molar-refractivity contribution in [3.8, 4) is 11.5 Å². The molecule has 0 bridgehead atoms. The summed E-state index contributed by atoms with van der Waals surface area (Å²) in [6.07, 6.45) is 1.23. The number of allylic oxidation sites excluding steroid dienone is 1. The number of rotatable bonds is 8. The van der Waals surface area contributed by atoms with Crippen LogP contribution in [0.2, 0.25) is 0 Å². The largest absolute Gasteiger partial charge is 0.497 e. The molecule has 0 aliphatic carbocycles. The molecule has 0 radical (unpaired) electrons. The highest BCUT2D eigenvalue weighted by atomic mass is 16.5. The number of ether oxygens (including phenoxy) is 3. The highest BCUT2D eigenvalue weighted by Crippen LogP contribution is 2.30. The molecule has 5 nitrogen and oxygen atoms in total. The molecule has 0 atom stereocenters. The van der Waals surface area contributed by atoms with E-state index >= 15 is 0 Å². The SMILES string of the molecule is COC(=O)CCC(C=O)=C(c1ccc(OC)cc1)c1ccc(OC)cc1. The van der Waals surface area contributed by atoms with Crippen LogP contribution in [0.25, 0.3) is 5.57 Å². The van der Waals surface area contributed by atoms with Gasteiger partial charge in [0.25, 0.3) is 0 Å². The summed E-state index contributed by atoms with van der Waals surface area (Å²) in [6, 6.07) is 14.9. The summed E-state index contributed by atoms with van der Waals surface area (Å²) < 4.78 is 15.1. The number of hydrogen-bond donors (Lipinski definition) is 0. The maximum absolute atomic E-state index is 11.8. The first-order valence-electron chi connectivity index (χ1n) is 8.17. The zero-order valence-electron chi connectivity index (χ0n) is 15.2. The summed E-state index contributed by atoms with van der Waals surface area (Å²) in [6.45, 7) is 0. The number of esters is 1. The fraction of sp³-hybridized carbons (Fsp3) is 0.238. The van der Waals surface area contributed by atoms with Crippen LogP contribution in [0.15, 0.2) is 54.1 Å². The van der Waals surface area contributed by atoms with Crippen molar-refractivity contribution >= 4 is 17.8 Å². The zero-order chi connectivity index (χ0) is 18.9. The van der Waals surface area contributed by atoms with Crippen LogP contribution in [0.3, 0.4) is 0 Å². The molecule has 2 rings (SSSR count). The van der Waals surface area contributed by atoms with Crippen LogP contribution >= 0.6 is 0 Å². The highest BCUT2D eigenvalue weighted by molar-refractivity contribution is 5.95. The Labute approximate surface area is 153 Å². The van der Waals surface area contributed by atoms with Crippen LogP contribution in [0.4, 0.5) is 0 Å². The Morgan fingerprint density at radius 1 is 0.808 bits per heavy atom. The number of carbonyl (C=O) groups excluding carboxylic acids is 2. The predicted octanol–water partition coefficient (Wildman–Crippen LogP) is 3.66. The number of hydrogen-bond acceptors (Lipinski definition) is 5. The minimum atomic E-state index is -0.354. The maximum atomic E-state index is 11.8. The minimum Gasteiger partial charge on any atom is -0.497 e. The number of methoxy groups -OCH3 is 3. The average molecular weight is 354 g/mol. The van der Waals surface area contributed by atoms with Gasteiger partial charge in [0.2, 0.25) is 0 Å². The normalized spacial score (nSPS) is 9.96. The van der Waals surface area contributed by atoms with Gasteiger partial charge in [-0.25, -0.2) is 0 Å². The molecule has 0 saturated heterocycles. The van der Waals surface area contributed by atoms with E-state index in [1.54, 1.807) is 14.2 Å². The van der Waals surface area contributed by atoms with Crippen molar-refractivity contribution in [2.24, 2.45) is 0 Å². The lowest BCUT2D eigenvalue weighted by Crippen LogP contribution is -2.03. The van der Waals surface area contributed by atoms with E-state index < -0.39 is 0 Å². The van der Waals surface area contributed by atoms with Gasteiger partial charge >= 0.3 is 5.97 Å². The van der Waals surface area contributed by atoms with E-state index in [4.69, 9.17) is 9.47 Å². The molecule has 0 heterocycles. The van der Waals surface area contributed by atoms with Crippen LogP contribution in [0.1, 0.15) is 24.0 Å². The number of aldehydes is 1. The van der Waals surface area contributed by atoms with Crippen molar-refractivity contribution in [3.05, 3.63) is 65.2 Å². The summed E-state index contributed by atoms with van der Waals surface area (Å²) in [5.41, 5.74) is 3.03. The summed E-state index contributed by atoms with van der Waals surface area (Å²) >= 11 is 0. The quantitative estimate of drug-likeness (QED) is 0.411. The van der Waals surface area contributed by atoms with Gasteiger partial charge in [0.1, 0.15) is 17.8 Å². The highest BCUT2D eigenvalue weighted by Gasteiger charge is 2.14. The Kier molecular flexibility index (Phi) is 6.97. The zero-order valence-corrected chi connectivity index (χ0v) is 15.2. The van der Waals surface area contributed by atoms with Gasteiger partial charge in [0, 0.05) is 12.0 Å². The number of carbonyl (C=O) groups is 2. The molecule has 136 valence electrons. The van der Waals surface area contributed by atoms with Crippen molar-refractivity contribution in [1.29, 1.82) is 0 Å². The fourth-order valence-electron chi connectivity index (χ4n) is 2.63. The summed E-state index contributed by atoms with van der Waals surface area (Å²) in [4.78, 5) is 23.3. The third-order valence-electron chi connectivity index (χ3n) is 4.05. The van der Waals surface area contributed by atoms with Crippen molar-refractivity contribution in [3.63, 3.8) is 0 Å². The van der Waals surface area contributed by atoms with Crippen LogP contribution in [0.5, 0.6) is 11.5 Å². The van der Waals surface area contributed by atoms with Gasteiger partial charge in [-0.05, 0) is 47.4 Å². The molecule has 0 aliphatic rings. The Hall–Kier alpha value is -3.08. The number of benzene rings is 2. The van der Waals surface area contributed by atoms with Crippen LogP contribution in [-0.2, 0) is 14.3 Å². The van der Waals surface area contributed by atoms with Gasteiger partial charge in [-0.2, -0.15) is 0 Å². The van der Waals surface area contributed by atoms with E-state index in [-0.39, 0.29) is 12.4 Å². The van der Waals surface area contributed by atoms with Gasteiger partial charge in [-0.3, -0.25) is 9.59 Å². The van der Waals surface area contributed by atoms with E-state index in [2.05, 4.69) is 4.74 Å². The van der Waals surface area contributed by atoms with E-state index in [0.29, 0.717) is 12.0 Å². The van der Waals surface area contributed by atoms with E-state index in [0.717, 1.165) is 34.5 Å². The third-order valence-corrected chi connectivity index (χ3v) is 4.05. The lowest BCUT2D eigenvalue weighted by molar-refractivity contribution is -0.140. The first-order valence-corrected chi connectivity index (χ1v) is 8.17. The Bertz CT molecular complexity index is 724. The fourth-order valence-corrected chi connectivity index (χ4v) is 2.63. The molecule has 2 aromatic rings. The second-order valence-electron chi connectivity index (χ2n) is 5.55. The molecule has 0 aromatic heterocycles. The van der Waals surface area contributed by atoms with Crippen LogP contribution < -0.4 is 9.47 Å². The van der Waals surface area contributed by atoms with Crippen LogP contribution in [0, 0.1) is 0 Å². The van der Waals surface area contributed by atoms with Gasteiger partial charge in [0.05, 0.1) is 21.3 Å². The molecule has 0 fully saturated rings. The first-order chi connectivity index (χ1) is 12.6. The lowest BCUT2D eigenvalue weighted by Gasteiger charge is -2.14. The van der Waals surface area contributed by atoms with Gasteiger partial charge in [-0.1, -0.05) is 24.3 Å².